The van der Waals surface area contributed by atoms with Crippen LogP contribution < -0.4 is 20.4 Å². The predicted molar refractivity (Wildman–Crippen MR) is 143 cm³/mol. The van der Waals surface area contributed by atoms with Crippen molar-refractivity contribution in [2.45, 2.75) is 27.7 Å². The van der Waals surface area contributed by atoms with Crippen LogP contribution in [0.5, 0.6) is 11.5 Å². The number of carbonyl (C=O) groups is 2. The Labute approximate surface area is 281 Å². The zero-order valence-electron chi connectivity index (χ0n) is 24.2. The van der Waals surface area contributed by atoms with Crippen molar-refractivity contribution in [2.24, 2.45) is 20.5 Å². The second-order valence-electron chi connectivity index (χ2n) is 7.47. The van der Waals surface area contributed by atoms with Gasteiger partial charge in [0.1, 0.15) is 0 Å². The molecule has 0 aliphatic rings. The third-order valence-electron chi connectivity index (χ3n) is 4.43. The number of non-ortho nitro benzene ring substituents is 2. The number of nitrogens with zero attached hydrogens (tertiary/aromatic N) is 6. The Morgan fingerprint density at radius 3 is 1.22 bits per heavy atom. The van der Waals surface area contributed by atoms with Gasteiger partial charge in [-0.3, -0.25) is 20.2 Å². The van der Waals surface area contributed by atoms with E-state index in [1.165, 1.54) is 0 Å². The van der Waals surface area contributed by atoms with Crippen molar-refractivity contribution in [2.75, 3.05) is 13.2 Å². The average Bonchev–Trinajstić information content (AvgIpc) is 2.90. The zero-order valence-corrected chi connectivity index (χ0v) is 26.1. The van der Waals surface area contributed by atoms with E-state index >= 15 is 0 Å². The van der Waals surface area contributed by atoms with Crippen LogP contribution in [0.25, 0.3) is 0 Å². The molecule has 0 bridgehead atoms. The number of rotatable bonds is 10. The molecule has 6 N–H and O–H groups in total. The molecule has 2 radical (unpaired) electrons. The normalized spacial score (nSPS) is 11.0. The van der Waals surface area contributed by atoms with Gasteiger partial charge in [0, 0.05) is 24.3 Å². The summed E-state index contributed by atoms with van der Waals surface area (Å²) in [6, 6.07) is 5.82. The first kappa shape index (κ1) is 47.9. The molecule has 2 rings (SSSR count). The Morgan fingerprint density at radius 2 is 1.00 bits per heavy atom. The number of azo groups is 2. The maximum atomic E-state index is 11.6. The van der Waals surface area contributed by atoms with E-state index in [4.69, 9.17) is 0 Å². The topological polar surface area (TPSA) is 347 Å². The van der Waals surface area contributed by atoms with Gasteiger partial charge in [-0.2, -0.15) is 10.2 Å². The molecule has 2 aromatic rings. The maximum Gasteiger partial charge on any atom is 2.00 e. The van der Waals surface area contributed by atoms with Crippen molar-refractivity contribution in [3.05, 3.63) is 79.5 Å². The SMILES string of the molecule is CCOC(=O)/C(N=Nc1ccc([N+](=O)[O-])cc1[O-])=C(\C)[O-].CCOC(=O)/C(N=Nc1ccc([N+](=O)[O-])cc1[O-])=C(\C)[O-].[Cu+2].[Cu+2].[OH3+].[OH3+]. The van der Waals surface area contributed by atoms with E-state index in [1.807, 2.05) is 0 Å². The summed E-state index contributed by atoms with van der Waals surface area (Å²) in [4.78, 5) is 42.4. The predicted octanol–water partition coefficient (Wildman–Crippen LogP) is -0.0348. The number of hydrogen-bond donors (Lipinski definition) is 0. The summed E-state index contributed by atoms with van der Waals surface area (Å²) in [5, 5.41) is 80.3. The first-order valence-corrected chi connectivity index (χ1v) is 11.6. The molecule has 0 aliphatic heterocycles. The monoisotopic (exact) mass is 750 g/mol. The smallest absolute Gasteiger partial charge is 0.874 e. The summed E-state index contributed by atoms with van der Waals surface area (Å²) in [7, 11) is 0. The number of benzene rings is 2. The van der Waals surface area contributed by atoms with Gasteiger partial charge in [-0.1, -0.05) is 36.9 Å². The van der Waals surface area contributed by atoms with E-state index in [1.54, 1.807) is 13.8 Å². The van der Waals surface area contributed by atoms with Crippen LogP contribution in [0.4, 0.5) is 22.7 Å². The summed E-state index contributed by atoms with van der Waals surface area (Å²) in [6.45, 7) is 5.40. The van der Waals surface area contributed by atoms with E-state index < -0.39 is 56.2 Å². The Kier molecular flexibility index (Phi) is 24.4. The van der Waals surface area contributed by atoms with E-state index in [0.29, 0.717) is 0 Å². The third-order valence-corrected chi connectivity index (χ3v) is 4.43. The Morgan fingerprint density at radius 1 is 0.696 bits per heavy atom. The summed E-state index contributed by atoms with van der Waals surface area (Å²) < 4.78 is 9.23. The Bertz CT molecular complexity index is 1360. The largest absolute Gasteiger partial charge is 2.00 e. The summed E-state index contributed by atoms with van der Waals surface area (Å²) >= 11 is 0. The van der Waals surface area contributed by atoms with Crippen molar-refractivity contribution in [1.29, 1.82) is 0 Å². The average molecular weight is 752 g/mol. The van der Waals surface area contributed by atoms with Crippen LogP contribution in [-0.2, 0) is 64.2 Å². The van der Waals surface area contributed by atoms with Gasteiger partial charge in [0.2, 0.25) is 0 Å². The molecule has 0 aromatic heterocycles. The minimum Gasteiger partial charge on any atom is -0.874 e. The van der Waals surface area contributed by atoms with Crippen molar-refractivity contribution in [3.8, 4) is 11.5 Å². The van der Waals surface area contributed by atoms with Crippen molar-refractivity contribution < 1.29 is 94.4 Å². The Balaban J connectivity index is -0.000000353. The first-order valence-electron chi connectivity index (χ1n) is 11.6. The summed E-state index contributed by atoms with van der Waals surface area (Å²) in [5.41, 5.74) is -2.36. The molecule has 2 aromatic carbocycles. The quantitative estimate of drug-likeness (QED) is 0.0451. The zero-order chi connectivity index (χ0) is 32.0. The molecule has 46 heavy (non-hydrogen) atoms. The van der Waals surface area contributed by atoms with E-state index in [2.05, 4.69) is 29.9 Å². The van der Waals surface area contributed by atoms with Crippen LogP contribution in [0.15, 0.2) is 79.8 Å². The number of nitro benzene ring substituents is 2. The number of ether oxygens (including phenoxy) is 2. The number of carbonyl (C=O) groups excluding carboxylic acids is 2. The number of esters is 2. The van der Waals surface area contributed by atoms with E-state index in [0.717, 1.165) is 50.2 Å². The number of nitro groups is 2. The van der Waals surface area contributed by atoms with E-state index in [9.17, 15) is 50.2 Å². The second-order valence-corrected chi connectivity index (χ2v) is 7.47. The van der Waals surface area contributed by atoms with Gasteiger partial charge in [0.05, 0.1) is 34.4 Å². The standard InChI is InChI=1S/2C12H13N3O6.2Cu.2H2O/c2*1-3-21-12(18)11(7(2)16)14-13-9-5-4-8(15(19)20)6-10(9)17;;;;/h2*4-6,16-17H,3H2,1-2H3;;;2*1H2/q;;2*+2;;/p-2/b2*11-7-,14-13?;;;;. The molecule has 0 aliphatic carbocycles. The molecular weight excluding hydrogens is 723 g/mol. The number of allylic oxidation sites excluding steroid dienone is 2. The molecule has 0 amide bonds. The van der Waals surface area contributed by atoms with Gasteiger partial charge >= 0.3 is 46.1 Å². The first-order chi connectivity index (χ1) is 19.7. The molecule has 0 saturated carbocycles. The molecule has 0 spiro atoms. The van der Waals surface area contributed by atoms with Gasteiger partial charge in [0.15, 0.2) is 11.4 Å². The van der Waals surface area contributed by atoms with Gasteiger partial charge in [-0.05, 0) is 26.0 Å². The van der Waals surface area contributed by atoms with Crippen LogP contribution in [-0.4, -0.2) is 35.0 Å². The van der Waals surface area contributed by atoms with Gasteiger partial charge in [-0.15, -0.1) is 10.2 Å². The van der Waals surface area contributed by atoms with Crippen molar-refractivity contribution >= 4 is 34.7 Å². The Hall–Kier alpha value is -4.98. The fourth-order valence-electron chi connectivity index (χ4n) is 2.51. The fourth-order valence-corrected chi connectivity index (χ4v) is 2.51. The van der Waals surface area contributed by atoms with Crippen molar-refractivity contribution in [3.63, 3.8) is 0 Å². The van der Waals surface area contributed by atoms with Gasteiger partial charge in [-0.25, -0.2) is 9.59 Å². The number of hydrogen-bond acceptors (Lipinski definition) is 16. The molecule has 258 valence electrons. The molecule has 22 heteroatoms. The van der Waals surface area contributed by atoms with Crippen LogP contribution in [0.1, 0.15) is 27.7 Å². The molecule has 0 fully saturated rings. The van der Waals surface area contributed by atoms with E-state index in [-0.39, 0.29) is 81.1 Å². The third kappa shape index (κ3) is 15.1. The van der Waals surface area contributed by atoms with Crippen LogP contribution in [0.3, 0.4) is 0 Å². The molecule has 0 unspecified atom stereocenters. The molecule has 0 heterocycles. The molecule has 0 atom stereocenters. The van der Waals surface area contributed by atoms with Crippen LogP contribution in [0.2, 0.25) is 0 Å². The molecule has 20 nitrogen and oxygen atoms in total. The van der Waals surface area contributed by atoms with Gasteiger partial charge in [0.25, 0.3) is 11.4 Å². The molecular formula is C24H28Cu2N6O14+2. The summed E-state index contributed by atoms with van der Waals surface area (Å²) in [5.74, 6) is -4.76. The summed E-state index contributed by atoms with van der Waals surface area (Å²) in [6.07, 6.45) is 0. The van der Waals surface area contributed by atoms with Crippen LogP contribution in [0, 0.1) is 20.2 Å². The fraction of sp³-hybridized carbons (Fsp3) is 0.250. The van der Waals surface area contributed by atoms with Crippen molar-refractivity contribution in [1.82, 2.24) is 0 Å². The van der Waals surface area contributed by atoms with Crippen LogP contribution >= 0.6 is 0 Å². The minimum atomic E-state index is -0.955. The minimum absolute atomic E-state index is 0. The second kappa shape index (κ2) is 23.4. The molecule has 0 saturated heterocycles. The maximum absolute atomic E-state index is 11.6. The van der Waals surface area contributed by atoms with Gasteiger partial charge < -0.3 is 40.9 Å².